The normalized spacial score (nSPS) is 12.0. The summed E-state index contributed by atoms with van der Waals surface area (Å²) in [6.07, 6.45) is 3.08. The fourth-order valence-corrected chi connectivity index (χ4v) is 3.33. The Morgan fingerprint density at radius 1 is 1.07 bits per heavy atom. The van der Waals surface area contributed by atoms with Crippen molar-refractivity contribution >= 4 is 23.3 Å². The van der Waals surface area contributed by atoms with Crippen LogP contribution in [0.2, 0.25) is 0 Å². The number of hydrogen-bond donors (Lipinski definition) is 0. The third kappa shape index (κ3) is 3.89. The van der Waals surface area contributed by atoms with E-state index in [1.807, 2.05) is 49.4 Å². The lowest BCUT2D eigenvalue weighted by Gasteiger charge is -2.00. The molecule has 2 aromatic heterocycles. The Labute approximate surface area is 165 Å². The molecule has 7 heteroatoms. The molecule has 0 saturated carbocycles. The Bertz CT molecular complexity index is 1170. The standard InChI is InChI=1S/C21H16N4O2S/c1-15-9-11-16(12-10-15)19(26)20-24-25(17-6-3-2-4-7-17)21(28-20)23-22-14-18-8-5-13-27-18/h2-14H,1H3/b22-14-,23-21-. The first-order valence-electron chi connectivity index (χ1n) is 8.58. The third-order valence-electron chi connectivity index (χ3n) is 3.94. The number of carbonyl (C=O) groups is 1. The first-order chi connectivity index (χ1) is 13.7. The highest BCUT2D eigenvalue weighted by molar-refractivity contribution is 7.11. The summed E-state index contributed by atoms with van der Waals surface area (Å²) in [5.41, 5.74) is 2.48. The summed E-state index contributed by atoms with van der Waals surface area (Å²) >= 11 is 1.19. The summed E-state index contributed by atoms with van der Waals surface area (Å²) in [4.78, 5) is 13.3. The highest BCUT2D eigenvalue weighted by atomic mass is 32.1. The van der Waals surface area contributed by atoms with Crippen LogP contribution >= 0.6 is 11.3 Å². The number of rotatable bonds is 5. The quantitative estimate of drug-likeness (QED) is 0.295. The monoisotopic (exact) mass is 388 g/mol. The summed E-state index contributed by atoms with van der Waals surface area (Å²) < 4.78 is 6.83. The Morgan fingerprint density at radius 3 is 2.57 bits per heavy atom. The lowest BCUT2D eigenvalue weighted by atomic mass is 10.1. The molecule has 0 N–H and O–H groups in total. The molecule has 0 amide bonds. The van der Waals surface area contributed by atoms with E-state index in [0.29, 0.717) is 21.1 Å². The van der Waals surface area contributed by atoms with Gasteiger partial charge in [0.15, 0.2) is 5.01 Å². The smallest absolute Gasteiger partial charge is 0.233 e. The molecule has 0 aliphatic carbocycles. The number of hydrogen-bond acceptors (Lipinski definition) is 6. The van der Waals surface area contributed by atoms with Crippen LogP contribution in [0, 0.1) is 6.92 Å². The Kier molecular flexibility index (Phi) is 5.07. The highest BCUT2D eigenvalue weighted by Crippen LogP contribution is 2.13. The maximum Gasteiger partial charge on any atom is 0.233 e. The van der Waals surface area contributed by atoms with Gasteiger partial charge in [0.05, 0.1) is 18.2 Å². The number of nitrogens with zero attached hydrogens (tertiary/aromatic N) is 4. The predicted molar refractivity (Wildman–Crippen MR) is 108 cm³/mol. The molecule has 0 aliphatic rings. The fraction of sp³-hybridized carbons (Fsp3) is 0.0476. The van der Waals surface area contributed by atoms with E-state index >= 15 is 0 Å². The van der Waals surface area contributed by atoms with E-state index in [4.69, 9.17) is 4.42 Å². The van der Waals surface area contributed by atoms with Gasteiger partial charge in [-0.2, -0.15) is 10.2 Å². The zero-order valence-electron chi connectivity index (χ0n) is 15.0. The average Bonchev–Trinajstić information content (AvgIpc) is 3.39. The van der Waals surface area contributed by atoms with Gasteiger partial charge in [0.25, 0.3) is 0 Å². The van der Waals surface area contributed by atoms with Gasteiger partial charge < -0.3 is 4.42 Å². The molecule has 138 valence electrons. The van der Waals surface area contributed by atoms with Crippen LogP contribution < -0.4 is 4.80 Å². The van der Waals surface area contributed by atoms with E-state index in [1.54, 1.807) is 35.2 Å². The zero-order chi connectivity index (χ0) is 19.3. The molecular formula is C21H16N4O2S. The van der Waals surface area contributed by atoms with Crippen LogP contribution in [0.4, 0.5) is 0 Å². The molecule has 0 atom stereocenters. The Balaban J connectivity index is 1.75. The van der Waals surface area contributed by atoms with E-state index in [-0.39, 0.29) is 5.78 Å². The Hall–Kier alpha value is -3.58. The van der Waals surface area contributed by atoms with E-state index in [0.717, 1.165) is 11.3 Å². The van der Waals surface area contributed by atoms with Gasteiger partial charge in [0.2, 0.25) is 10.6 Å². The number of para-hydroxylation sites is 1. The van der Waals surface area contributed by atoms with E-state index in [1.165, 1.54) is 17.6 Å². The molecule has 0 fully saturated rings. The van der Waals surface area contributed by atoms with Crippen molar-refractivity contribution in [2.45, 2.75) is 6.92 Å². The molecule has 0 saturated heterocycles. The molecule has 2 heterocycles. The molecule has 0 radical (unpaired) electrons. The number of benzene rings is 2. The van der Waals surface area contributed by atoms with Crippen molar-refractivity contribution in [3.05, 3.63) is 99.7 Å². The first-order valence-corrected chi connectivity index (χ1v) is 9.40. The van der Waals surface area contributed by atoms with Crippen molar-refractivity contribution in [1.29, 1.82) is 0 Å². The zero-order valence-corrected chi connectivity index (χ0v) is 15.8. The average molecular weight is 388 g/mol. The van der Waals surface area contributed by atoms with E-state index < -0.39 is 0 Å². The largest absolute Gasteiger partial charge is 0.463 e. The summed E-state index contributed by atoms with van der Waals surface area (Å²) in [7, 11) is 0. The minimum absolute atomic E-state index is 0.147. The summed E-state index contributed by atoms with van der Waals surface area (Å²) in [6, 6.07) is 20.5. The lowest BCUT2D eigenvalue weighted by Crippen LogP contribution is -2.14. The molecular weight excluding hydrogens is 372 g/mol. The molecule has 0 spiro atoms. The van der Waals surface area contributed by atoms with E-state index in [2.05, 4.69) is 15.3 Å². The first kappa shape index (κ1) is 17.8. The maximum absolute atomic E-state index is 12.9. The van der Waals surface area contributed by atoms with Crippen molar-refractivity contribution in [3.63, 3.8) is 0 Å². The minimum Gasteiger partial charge on any atom is -0.463 e. The number of furan rings is 1. The van der Waals surface area contributed by atoms with Gasteiger partial charge in [-0.05, 0) is 31.2 Å². The van der Waals surface area contributed by atoms with Crippen molar-refractivity contribution in [3.8, 4) is 5.69 Å². The van der Waals surface area contributed by atoms with Gasteiger partial charge >= 0.3 is 0 Å². The van der Waals surface area contributed by atoms with Crippen LogP contribution in [-0.2, 0) is 0 Å². The number of ketones is 1. The third-order valence-corrected chi connectivity index (χ3v) is 4.84. The topological polar surface area (TPSA) is 72.8 Å². The minimum atomic E-state index is -0.147. The maximum atomic E-state index is 12.9. The number of aromatic nitrogens is 2. The van der Waals surface area contributed by atoms with Crippen LogP contribution in [0.3, 0.4) is 0 Å². The number of carbonyl (C=O) groups excluding carboxylic acids is 1. The summed E-state index contributed by atoms with van der Waals surface area (Å²) in [5.74, 6) is 0.446. The highest BCUT2D eigenvalue weighted by Gasteiger charge is 2.16. The van der Waals surface area contributed by atoms with Crippen LogP contribution in [0.1, 0.15) is 26.7 Å². The van der Waals surface area contributed by atoms with Gasteiger partial charge in [0, 0.05) is 5.56 Å². The molecule has 0 bridgehead atoms. The molecule has 0 unspecified atom stereocenters. The second-order valence-corrected chi connectivity index (χ2v) is 6.95. The molecule has 4 rings (SSSR count). The molecule has 28 heavy (non-hydrogen) atoms. The molecule has 2 aromatic carbocycles. The fourth-order valence-electron chi connectivity index (χ4n) is 2.50. The lowest BCUT2D eigenvalue weighted by molar-refractivity contribution is 0.103. The van der Waals surface area contributed by atoms with Gasteiger partial charge in [-0.15, -0.1) is 5.10 Å². The second-order valence-electron chi connectivity index (χ2n) is 5.99. The van der Waals surface area contributed by atoms with Crippen molar-refractivity contribution in [2.24, 2.45) is 10.2 Å². The van der Waals surface area contributed by atoms with Crippen molar-refractivity contribution < 1.29 is 9.21 Å². The van der Waals surface area contributed by atoms with Crippen molar-refractivity contribution in [2.75, 3.05) is 0 Å². The van der Waals surface area contributed by atoms with Gasteiger partial charge in [-0.25, -0.2) is 4.68 Å². The molecule has 0 aliphatic heterocycles. The molecule has 4 aromatic rings. The summed E-state index contributed by atoms with van der Waals surface area (Å²) in [5, 5.41) is 13.2. The van der Waals surface area contributed by atoms with Gasteiger partial charge in [-0.3, -0.25) is 4.79 Å². The van der Waals surface area contributed by atoms with Crippen LogP contribution in [0.15, 0.2) is 87.6 Å². The van der Waals surface area contributed by atoms with Gasteiger partial charge in [-0.1, -0.05) is 59.4 Å². The second kappa shape index (κ2) is 7.98. The van der Waals surface area contributed by atoms with Crippen LogP contribution in [0.25, 0.3) is 5.69 Å². The van der Waals surface area contributed by atoms with Crippen molar-refractivity contribution in [1.82, 2.24) is 9.78 Å². The predicted octanol–water partition coefficient (Wildman–Crippen LogP) is 4.00. The van der Waals surface area contributed by atoms with Crippen LogP contribution in [0.5, 0.6) is 0 Å². The molecule has 6 nitrogen and oxygen atoms in total. The Morgan fingerprint density at radius 2 is 1.86 bits per heavy atom. The number of aryl methyl sites for hydroxylation is 1. The van der Waals surface area contributed by atoms with Gasteiger partial charge in [0.1, 0.15) is 5.76 Å². The van der Waals surface area contributed by atoms with E-state index in [9.17, 15) is 4.79 Å². The SMILES string of the molecule is Cc1ccc(C(=O)c2nn(-c3ccccc3)/c(=N/N=C\c3ccco3)s2)cc1. The summed E-state index contributed by atoms with van der Waals surface area (Å²) in [6.45, 7) is 1.98. The van der Waals surface area contributed by atoms with Crippen LogP contribution in [-0.4, -0.2) is 21.8 Å².